The first-order chi connectivity index (χ1) is 8.63. The second-order valence-electron chi connectivity index (χ2n) is 4.19. The van der Waals surface area contributed by atoms with E-state index in [2.05, 4.69) is 15.3 Å². The molecule has 3 rings (SSSR count). The number of hydrogen-bond donors (Lipinski definition) is 5. The van der Waals surface area contributed by atoms with Gasteiger partial charge in [-0.25, -0.2) is 4.68 Å². The molecular weight excluding hydrogens is 242 g/mol. The van der Waals surface area contributed by atoms with E-state index >= 15 is 0 Å². The van der Waals surface area contributed by atoms with Crippen LogP contribution >= 0.6 is 0 Å². The average molecular weight is 255 g/mol. The summed E-state index contributed by atoms with van der Waals surface area (Å²) < 4.78 is 6.68. The number of nitrogens with one attached hydrogen (secondary N) is 1. The van der Waals surface area contributed by atoms with Gasteiger partial charge in [-0.15, -0.1) is 0 Å². The lowest BCUT2D eigenvalue weighted by molar-refractivity contribution is -0.0566. The van der Waals surface area contributed by atoms with Gasteiger partial charge >= 0.3 is 0 Å². The second kappa shape index (κ2) is 3.92. The normalized spacial score (nSPS) is 32.4. The number of aliphatic hydroxyl groups excluding tert-OH is 3. The van der Waals surface area contributed by atoms with Crippen LogP contribution < -0.4 is 5.73 Å². The van der Waals surface area contributed by atoms with Gasteiger partial charge < -0.3 is 25.8 Å². The molecule has 4 atom stereocenters. The average Bonchev–Trinajstić information content (AvgIpc) is 3.00. The molecule has 0 aliphatic carbocycles. The van der Waals surface area contributed by atoms with Gasteiger partial charge in [0, 0.05) is 0 Å². The summed E-state index contributed by atoms with van der Waals surface area (Å²) in [4.78, 5) is 0. The Balaban J connectivity index is 2.00. The van der Waals surface area contributed by atoms with Crippen LogP contribution in [0.2, 0.25) is 0 Å². The van der Waals surface area contributed by atoms with Crippen molar-refractivity contribution in [2.45, 2.75) is 24.5 Å². The molecule has 0 spiro atoms. The minimum atomic E-state index is -1.19. The number of ether oxygens (including phenoxy) is 1. The van der Waals surface area contributed by atoms with E-state index in [0.29, 0.717) is 16.9 Å². The topological polar surface area (TPSA) is 142 Å². The second-order valence-corrected chi connectivity index (χ2v) is 4.19. The van der Waals surface area contributed by atoms with Crippen LogP contribution in [0.15, 0.2) is 6.20 Å². The maximum atomic E-state index is 9.88. The van der Waals surface area contributed by atoms with Crippen LogP contribution in [0.25, 0.3) is 11.0 Å². The summed E-state index contributed by atoms with van der Waals surface area (Å²) in [7, 11) is 0. The van der Waals surface area contributed by atoms with Gasteiger partial charge in [0.15, 0.2) is 11.9 Å². The number of nitrogens with two attached hydrogens (primary N) is 1. The Morgan fingerprint density at radius 1 is 1.44 bits per heavy atom. The van der Waals surface area contributed by atoms with Crippen molar-refractivity contribution < 1.29 is 20.1 Å². The maximum Gasteiger partial charge on any atom is 0.184 e. The number of aromatic nitrogens is 4. The lowest BCUT2D eigenvalue weighted by Gasteiger charge is -2.14. The molecular formula is C9H13N5O4. The molecule has 1 fully saturated rings. The van der Waals surface area contributed by atoms with Crippen molar-refractivity contribution in [3.63, 3.8) is 0 Å². The van der Waals surface area contributed by atoms with Crippen molar-refractivity contribution in [2.24, 2.45) is 0 Å². The summed E-state index contributed by atoms with van der Waals surface area (Å²) >= 11 is 0. The SMILES string of the molecule is Nc1[nH]nc2c1cnn2[C@@H]1O[C@H](CO)[C@@H](O)[C@H]1O. The van der Waals surface area contributed by atoms with Gasteiger partial charge in [0.05, 0.1) is 18.2 Å². The largest absolute Gasteiger partial charge is 0.394 e. The monoisotopic (exact) mass is 255 g/mol. The highest BCUT2D eigenvalue weighted by atomic mass is 16.6. The molecule has 0 aromatic carbocycles. The van der Waals surface area contributed by atoms with Gasteiger partial charge in [-0.1, -0.05) is 0 Å². The van der Waals surface area contributed by atoms with E-state index in [1.807, 2.05) is 0 Å². The summed E-state index contributed by atoms with van der Waals surface area (Å²) in [6, 6.07) is 0. The highest BCUT2D eigenvalue weighted by molar-refractivity contribution is 5.85. The number of H-pyrrole nitrogens is 1. The van der Waals surface area contributed by atoms with Gasteiger partial charge in [-0.3, -0.25) is 5.10 Å². The van der Waals surface area contributed by atoms with Gasteiger partial charge in [0.2, 0.25) is 0 Å². The maximum absolute atomic E-state index is 9.88. The van der Waals surface area contributed by atoms with Crippen molar-refractivity contribution in [1.82, 2.24) is 20.0 Å². The molecule has 1 saturated heterocycles. The molecule has 6 N–H and O–H groups in total. The molecule has 0 amide bonds. The highest BCUT2D eigenvalue weighted by Gasteiger charge is 2.44. The lowest BCUT2D eigenvalue weighted by Crippen LogP contribution is -2.33. The zero-order valence-electron chi connectivity index (χ0n) is 9.26. The number of anilines is 1. The van der Waals surface area contributed by atoms with Crippen LogP contribution in [0.4, 0.5) is 5.82 Å². The summed E-state index contributed by atoms with van der Waals surface area (Å²) in [5.74, 6) is 0.364. The lowest BCUT2D eigenvalue weighted by atomic mass is 10.1. The number of aromatic amines is 1. The Morgan fingerprint density at radius 2 is 2.22 bits per heavy atom. The van der Waals surface area contributed by atoms with Gasteiger partial charge in [-0.2, -0.15) is 10.2 Å². The first-order valence-electron chi connectivity index (χ1n) is 5.43. The number of rotatable bonds is 2. The fourth-order valence-electron chi connectivity index (χ4n) is 2.10. The zero-order valence-corrected chi connectivity index (χ0v) is 9.26. The number of aliphatic hydroxyl groups is 3. The van der Waals surface area contributed by atoms with Crippen molar-refractivity contribution in [1.29, 1.82) is 0 Å². The Hall–Kier alpha value is -1.68. The molecule has 18 heavy (non-hydrogen) atoms. The molecule has 0 radical (unpaired) electrons. The molecule has 1 aliphatic rings. The molecule has 2 aromatic heterocycles. The Morgan fingerprint density at radius 3 is 2.89 bits per heavy atom. The first kappa shape index (κ1) is 11.4. The molecule has 0 unspecified atom stereocenters. The molecule has 9 heteroatoms. The number of nitrogens with zero attached hydrogens (tertiary/aromatic N) is 3. The Bertz CT molecular complexity index is 566. The Kier molecular flexibility index (Phi) is 2.48. The first-order valence-corrected chi connectivity index (χ1v) is 5.43. The minimum Gasteiger partial charge on any atom is -0.394 e. The van der Waals surface area contributed by atoms with Crippen LogP contribution in [-0.4, -0.2) is 60.2 Å². The third-order valence-corrected chi connectivity index (χ3v) is 3.10. The minimum absolute atomic E-state index is 0.364. The fourth-order valence-corrected chi connectivity index (χ4v) is 2.10. The van der Waals surface area contributed by atoms with E-state index in [1.54, 1.807) is 0 Å². The summed E-state index contributed by atoms with van der Waals surface area (Å²) in [6.07, 6.45) is -2.63. The van der Waals surface area contributed by atoms with E-state index < -0.39 is 24.5 Å². The zero-order chi connectivity index (χ0) is 12.9. The summed E-state index contributed by atoms with van der Waals surface area (Å²) in [5.41, 5.74) is 6.06. The molecule has 98 valence electrons. The molecule has 0 bridgehead atoms. The predicted molar refractivity (Wildman–Crippen MR) is 59.3 cm³/mol. The smallest absolute Gasteiger partial charge is 0.184 e. The van der Waals surface area contributed by atoms with Crippen LogP contribution in [0, 0.1) is 0 Å². The Labute approximate surface area is 101 Å². The third-order valence-electron chi connectivity index (χ3n) is 3.10. The molecule has 1 aliphatic heterocycles. The third kappa shape index (κ3) is 1.42. The van der Waals surface area contributed by atoms with E-state index in [4.69, 9.17) is 15.6 Å². The standard InChI is InChI=1S/C9H13N5O4/c10-7-3-1-11-14(8(3)13-12-7)9-6(17)5(16)4(2-15)18-9/h1,4-6,9,15-17H,2H2,(H3,10,12,13)/t4-,5-,6-,9-/m1/s1. The highest BCUT2D eigenvalue weighted by Crippen LogP contribution is 2.31. The van der Waals surface area contributed by atoms with Crippen LogP contribution in [0.5, 0.6) is 0 Å². The van der Waals surface area contributed by atoms with E-state index in [1.165, 1.54) is 10.9 Å². The fraction of sp³-hybridized carbons (Fsp3) is 0.556. The van der Waals surface area contributed by atoms with Crippen molar-refractivity contribution in [3.05, 3.63) is 6.20 Å². The van der Waals surface area contributed by atoms with E-state index in [0.717, 1.165) is 0 Å². The van der Waals surface area contributed by atoms with Gasteiger partial charge in [0.25, 0.3) is 0 Å². The molecule has 9 nitrogen and oxygen atoms in total. The summed E-state index contributed by atoms with van der Waals surface area (Å²) in [6.45, 7) is -0.387. The quantitative estimate of drug-likeness (QED) is 0.415. The van der Waals surface area contributed by atoms with Crippen LogP contribution in [0.1, 0.15) is 6.23 Å². The number of nitrogen functional groups attached to an aromatic ring is 1. The van der Waals surface area contributed by atoms with Gasteiger partial charge in [-0.05, 0) is 0 Å². The predicted octanol–water partition coefficient (Wildman–Crippen LogP) is -2.05. The molecule has 3 heterocycles. The van der Waals surface area contributed by atoms with Crippen molar-refractivity contribution in [2.75, 3.05) is 12.3 Å². The van der Waals surface area contributed by atoms with Crippen LogP contribution in [0.3, 0.4) is 0 Å². The number of hydrogen-bond acceptors (Lipinski definition) is 7. The van der Waals surface area contributed by atoms with Crippen molar-refractivity contribution >= 4 is 16.9 Å². The van der Waals surface area contributed by atoms with E-state index in [9.17, 15) is 10.2 Å². The van der Waals surface area contributed by atoms with Crippen LogP contribution in [-0.2, 0) is 4.74 Å². The molecule has 0 saturated carbocycles. The number of fused-ring (bicyclic) bond motifs is 1. The summed E-state index contributed by atoms with van der Waals surface area (Å²) in [5, 5.41) is 39.7. The van der Waals surface area contributed by atoms with Crippen molar-refractivity contribution in [3.8, 4) is 0 Å². The van der Waals surface area contributed by atoms with E-state index in [-0.39, 0.29) is 6.61 Å². The van der Waals surface area contributed by atoms with Gasteiger partial charge in [0.1, 0.15) is 24.1 Å². The molecule has 2 aromatic rings.